The predicted molar refractivity (Wildman–Crippen MR) is 192 cm³/mol. The van der Waals surface area contributed by atoms with Gasteiger partial charge in [0, 0.05) is 27.9 Å². The minimum atomic E-state index is 0.597. The van der Waals surface area contributed by atoms with Crippen molar-refractivity contribution in [3.05, 3.63) is 168 Å². The highest BCUT2D eigenvalue weighted by atomic mass is 15.2. The van der Waals surface area contributed by atoms with Gasteiger partial charge in [0.2, 0.25) is 5.95 Å². The van der Waals surface area contributed by atoms with Gasteiger partial charge < -0.3 is 4.90 Å². The molecule has 0 saturated carbocycles. The van der Waals surface area contributed by atoms with E-state index in [9.17, 15) is 0 Å². The van der Waals surface area contributed by atoms with E-state index in [1.54, 1.807) is 0 Å². The Labute approximate surface area is 273 Å². The summed E-state index contributed by atoms with van der Waals surface area (Å²) >= 11 is 0. The minimum Gasteiger partial charge on any atom is -0.308 e. The smallest absolute Gasteiger partial charge is 0.238 e. The summed E-state index contributed by atoms with van der Waals surface area (Å²) in [5, 5.41) is 1.19. The van der Waals surface area contributed by atoms with E-state index >= 15 is 0 Å². The standard InChI is InChI=1S/C42H31N5/c1-4-17-31(18-5-1)40-43-41(32-19-6-2-7-20-32)45-42(44-40)47-37-25-9-3-8-21-33(37)34-22-14-26-38(39(34)47)46-35-23-12-10-15-29(35)27-28-30-16-11-13-24-36(30)46/h1-20,22-26H,21,27-28H2. The molecule has 5 aromatic carbocycles. The van der Waals surface area contributed by atoms with Crippen LogP contribution in [0, 0.1) is 0 Å². The molecule has 1 aliphatic heterocycles. The molecule has 0 fully saturated rings. The first-order valence-corrected chi connectivity index (χ1v) is 16.2. The zero-order chi connectivity index (χ0) is 31.2. The maximum Gasteiger partial charge on any atom is 0.238 e. The maximum absolute atomic E-state index is 5.22. The predicted octanol–water partition coefficient (Wildman–Crippen LogP) is 9.84. The Hall–Kier alpha value is -6.07. The lowest BCUT2D eigenvalue weighted by Crippen LogP contribution is -2.14. The topological polar surface area (TPSA) is 46.8 Å². The average Bonchev–Trinajstić information content (AvgIpc) is 3.26. The van der Waals surface area contributed by atoms with Crippen molar-refractivity contribution in [2.75, 3.05) is 4.90 Å². The normalized spacial score (nSPS) is 13.5. The van der Waals surface area contributed by atoms with Crippen LogP contribution in [-0.4, -0.2) is 19.5 Å². The monoisotopic (exact) mass is 605 g/mol. The van der Waals surface area contributed by atoms with Gasteiger partial charge in [0.1, 0.15) is 0 Å². The molecule has 5 nitrogen and oxygen atoms in total. The van der Waals surface area contributed by atoms with E-state index < -0.39 is 0 Å². The third kappa shape index (κ3) is 4.67. The van der Waals surface area contributed by atoms with Crippen molar-refractivity contribution in [3.8, 4) is 28.7 Å². The van der Waals surface area contributed by atoms with Crippen LogP contribution in [0.4, 0.5) is 17.1 Å². The lowest BCUT2D eigenvalue weighted by molar-refractivity contribution is 0.921. The van der Waals surface area contributed by atoms with Gasteiger partial charge in [0.15, 0.2) is 11.6 Å². The summed E-state index contributed by atoms with van der Waals surface area (Å²) in [7, 11) is 0. The highest BCUT2D eigenvalue weighted by Crippen LogP contribution is 2.46. The zero-order valence-corrected chi connectivity index (χ0v) is 25.8. The first-order chi connectivity index (χ1) is 23.3. The fraction of sp³-hybridized carbons (Fsp3) is 0.0714. The molecule has 0 bridgehead atoms. The number of hydrogen-bond donors (Lipinski definition) is 0. The molecule has 2 aromatic heterocycles. The van der Waals surface area contributed by atoms with E-state index in [0.29, 0.717) is 17.6 Å². The highest BCUT2D eigenvalue weighted by molar-refractivity contribution is 6.02. The van der Waals surface area contributed by atoms with Gasteiger partial charge in [0.25, 0.3) is 0 Å². The number of allylic oxidation sites excluding steroid dienone is 3. The molecule has 224 valence electrons. The summed E-state index contributed by atoms with van der Waals surface area (Å²) in [6.07, 6.45) is 11.5. The van der Waals surface area contributed by atoms with Crippen molar-refractivity contribution in [1.29, 1.82) is 0 Å². The molecule has 5 heteroatoms. The van der Waals surface area contributed by atoms with Gasteiger partial charge in [-0.3, -0.25) is 4.57 Å². The third-order valence-corrected chi connectivity index (χ3v) is 9.19. The van der Waals surface area contributed by atoms with Crippen molar-refractivity contribution in [3.63, 3.8) is 0 Å². The summed E-state index contributed by atoms with van der Waals surface area (Å²) in [5.41, 5.74) is 11.5. The van der Waals surface area contributed by atoms with Gasteiger partial charge >= 0.3 is 0 Å². The summed E-state index contributed by atoms with van der Waals surface area (Å²) in [5.74, 6) is 1.88. The Morgan fingerprint density at radius 3 is 1.72 bits per heavy atom. The quantitative estimate of drug-likeness (QED) is 0.200. The van der Waals surface area contributed by atoms with Crippen molar-refractivity contribution < 1.29 is 0 Å². The lowest BCUT2D eigenvalue weighted by Gasteiger charge is -2.28. The van der Waals surface area contributed by atoms with E-state index in [1.807, 2.05) is 36.4 Å². The summed E-state index contributed by atoms with van der Waals surface area (Å²) in [6, 6.07) is 44.7. The number of fused-ring (bicyclic) bond motifs is 5. The van der Waals surface area contributed by atoms with Crippen LogP contribution < -0.4 is 4.90 Å². The molecule has 0 atom stereocenters. The molecule has 2 aliphatic rings. The third-order valence-electron chi connectivity index (χ3n) is 9.19. The summed E-state index contributed by atoms with van der Waals surface area (Å²) in [4.78, 5) is 17.9. The second kappa shape index (κ2) is 11.4. The molecule has 0 radical (unpaired) electrons. The molecule has 0 N–H and O–H groups in total. The van der Waals surface area contributed by atoms with Crippen LogP contribution in [0.25, 0.3) is 45.7 Å². The summed E-state index contributed by atoms with van der Waals surface area (Å²) in [6.45, 7) is 0. The number of nitrogens with zero attached hydrogens (tertiary/aromatic N) is 5. The SMILES string of the molecule is C1=CCc2c(n(-c3nc(-c4ccccc4)nc(-c4ccccc4)n3)c3c(N4c5ccccc5CCc5ccccc54)cccc23)C=C1. The molecule has 3 heterocycles. The van der Waals surface area contributed by atoms with Crippen LogP contribution in [0.3, 0.4) is 0 Å². The molecule has 1 aliphatic carbocycles. The van der Waals surface area contributed by atoms with E-state index in [-0.39, 0.29) is 0 Å². The maximum atomic E-state index is 5.22. The average molecular weight is 606 g/mol. The van der Waals surface area contributed by atoms with Gasteiger partial charge in [-0.05, 0) is 60.2 Å². The van der Waals surface area contributed by atoms with Crippen LogP contribution >= 0.6 is 0 Å². The first-order valence-electron chi connectivity index (χ1n) is 16.2. The van der Waals surface area contributed by atoms with Gasteiger partial charge in [-0.25, -0.2) is 4.98 Å². The van der Waals surface area contributed by atoms with E-state index in [2.05, 4.69) is 125 Å². The molecule has 0 amide bonds. The molecule has 0 spiro atoms. The first kappa shape index (κ1) is 27.3. The van der Waals surface area contributed by atoms with Crippen molar-refractivity contribution in [2.45, 2.75) is 19.3 Å². The Morgan fingerprint density at radius 1 is 0.511 bits per heavy atom. The van der Waals surface area contributed by atoms with E-state index in [1.165, 1.54) is 33.5 Å². The molecule has 47 heavy (non-hydrogen) atoms. The van der Waals surface area contributed by atoms with Crippen LogP contribution in [0.1, 0.15) is 22.4 Å². The van der Waals surface area contributed by atoms with Crippen molar-refractivity contribution in [2.24, 2.45) is 0 Å². The van der Waals surface area contributed by atoms with Gasteiger partial charge in [-0.1, -0.05) is 127 Å². The molecule has 0 saturated heterocycles. The van der Waals surface area contributed by atoms with E-state index in [4.69, 9.17) is 15.0 Å². The fourth-order valence-electron chi connectivity index (χ4n) is 7.03. The van der Waals surface area contributed by atoms with Crippen LogP contribution in [0.5, 0.6) is 0 Å². The van der Waals surface area contributed by atoms with Crippen molar-refractivity contribution in [1.82, 2.24) is 19.5 Å². The molecular weight excluding hydrogens is 574 g/mol. The number of aryl methyl sites for hydroxylation is 2. The molecule has 9 rings (SSSR count). The lowest BCUT2D eigenvalue weighted by atomic mass is 10.0. The van der Waals surface area contributed by atoms with Crippen LogP contribution in [0.2, 0.25) is 0 Å². The highest BCUT2D eigenvalue weighted by Gasteiger charge is 2.28. The van der Waals surface area contributed by atoms with E-state index in [0.717, 1.165) is 47.3 Å². The molecular formula is C42H31N5. The largest absolute Gasteiger partial charge is 0.308 e. The van der Waals surface area contributed by atoms with Gasteiger partial charge in [-0.15, -0.1) is 0 Å². The Bertz CT molecular complexity index is 2230. The van der Waals surface area contributed by atoms with Gasteiger partial charge in [0.05, 0.1) is 16.9 Å². The minimum absolute atomic E-state index is 0.597. The molecule has 7 aromatic rings. The number of hydrogen-bond acceptors (Lipinski definition) is 4. The number of para-hydroxylation sites is 3. The Morgan fingerprint density at radius 2 is 1.09 bits per heavy atom. The number of benzene rings is 5. The number of rotatable bonds is 4. The zero-order valence-electron chi connectivity index (χ0n) is 25.8. The van der Waals surface area contributed by atoms with Gasteiger partial charge in [-0.2, -0.15) is 9.97 Å². The van der Waals surface area contributed by atoms with Crippen LogP contribution in [-0.2, 0) is 19.3 Å². The molecule has 0 unspecified atom stereocenters. The summed E-state index contributed by atoms with van der Waals surface area (Å²) < 4.78 is 2.26. The number of anilines is 3. The second-order valence-electron chi connectivity index (χ2n) is 12.0. The fourth-order valence-corrected chi connectivity index (χ4v) is 7.03. The Kier molecular flexibility index (Phi) is 6.60. The van der Waals surface area contributed by atoms with Crippen molar-refractivity contribution >= 4 is 34.0 Å². The van der Waals surface area contributed by atoms with Crippen LogP contribution in [0.15, 0.2) is 146 Å². The number of aromatic nitrogens is 4. The second-order valence-corrected chi connectivity index (χ2v) is 12.0. The Balaban J connectivity index is 1.39.